The number of hydrogen-bond acceptors (Lipinski definition) is 6. The van der Waals surface area contributed by atoms with Crippen LogP contribution in [0.5, 0.6) is 5.75 Å². The van der Waals surface area contributed by atoms with Crippen molar-refractivity contribution >= 4 is 27.2 Å². The number of hydrogen-bond donors (Lipinski definition) is 2. The lowest BCUT2D eigenvalue weighted by molar-refractivity contribution is -0.242. The van der Waals surface area contributed by atoms with Crippen molar-refractivity contribution in [3.8, 4) is 5.75 Å². The summed E-state index contributed by atoms with van der Waals surface area (Å²) in [5, 5.41) is 11.3. The Labute approximate surface area is 169 Å². The molecule has 1 heterocycles. The number of fused-ring (bicyclic) bond motifs is 2. The van der Waals surface area contributed by atoms with E-state index in [4.69, 9.17) is 4.74 Å². The predicted octanol–water partition coefficient (Wildman–Crippen LogP) is 2.47. The number of sulfone groups is 1. The molecule has 0 radical (unpaired) electrons. The first kappa shape index (κ1) is 21.8. The van der Waals surface area contributed by atoms with Crippen molar-refractivity contribution in [2.75, 3.05) is 12.4 Å². The summed E-state index contributed by atoms with van der Waals surface area (Å²) in [5.74, 6) is -2.78. The third-order valence-corrected chi connectivity index (χ3v) is 6.42. The van der Waals surface area contributed by atoms with Crippen LogP contribution < -0.4 is 10.1 Å². The highest BCUT2D eigenvalue weighted by atomic mass is 32.2. The van der Waals surface area contributed by atoms with Crippen molar-refractivity contribution < 1.29 is 41.0 Å². The quantitative estimate of drug-likeness (QED) is 0.754. The highest BCUT2D eigenvalue weighted by Gasteiger charge is 2.55. The van der Waals surface area contributed by atoms with E-state index in [1.807, 2.05) is 5.32 Å². The van der Waals surface area contributed by atoms with Gasteiger partial charge < -0.3 is 15.2 Å². The highest BCUT2D eigenvalue weighted by molar-refractivity contribution is 7.90. The van der Waals surface area contributed by atoms with Crippen molar-refractivity contribution in [1.29, 1.82) is 0 Å². The van der Waals surface area contributed by atoms with Crippen LogP contribution in [0.2, 0.25) is 0 Å². The van der Waals surface area contributed by atoms with Gasteiger partial charge in [0.1, 0.15) is 5.75 Å². The van der Waals surface area contributed by atoms with E-state index in [9.17, 15) is 36.3 Å². The molecule has 11 heteroatoms. The van der Waals surface area contributed by atoms with Gasteiger partial charge in [-0.2, -0.15) is 13.2 Å². The van der Waals surface area contributed by atoms with E-state index in [0.717, 1.165) is 18.2 Å². The molecule has 1 atom stereocenters. The minimum atomic E-state index is -5.25. The molecule has 2 aromatic carbocycles. The number of rotatable bonds is 3. The van der Waals surface area contributed by atoms with E-state index in [2.05, 4.69) is 0 Å². The highest BCUT2D eigenvalue weighted by Crippen LogP contribution is 2.36. The van der Waals surface area contributed by atoms with Gasteiger partial charge in [-0.3, -0.25) is 9.59 Å². The number of ether oxygens (including phenoxy) is 1. The molecule has 0 aliphatic carbocycles. The molecule has 7 nitrogen and oxygen atoms in total. The Hall–Kier alpha value is -2.92. The van der Waals surface area contributed by atoms with E-state index in [-0.39, 0.29) is 35.1 Å². The second-order valence-electron chi connectivity index (χ2n) is 6.81. The zero-order chi connectivity index (χ0) is 22.5. The fraction of sp³-hybridized carbons (Fsp3) is 0.263. The number of ketones is 1. The average Bonchev–Trinajstić information content (AvgIpc) is 2.74. The number of alkyl halides is 3. The molecule has 3 rings (SSSR count). The van der Waals surface area contributed by atoms with Crippen molar-refractivity contribution in [3.63, 3.8) is 0 Å². The second kappa shape index (κ2) is 7.10. The molecule has 30 heavy (non-hydrogen) atoms. The van der Waals surface area contributed by atoms with E-state index in [1.165, 1.54) is 25.3 Å². The zero-order valence-electron chi connectivity index (χ0n) is 15.7. The lowest BCUT2D eigenvalue weighted by atomic mass is 9.98. The van der Waals surface area contributed by atoms with Crippen LogP contribution in [0.15, 0.2) is 41.3 Å². The number of amides is 1. The van der Waals surface area contributed by atoms with Crippen LogP contribution >= 0.6 is 0 Å². The van der Waals surface area contributed by atoms with E-state index < -0.39 is 44.0 Å². The smallest absolute Gasteiger partial charge is 0.426 e. The molecule has 1 unspecified atom stereocenters. The maximum atomic E-state index is 12.9. The molecule has 2 aromatic rings. The number of anilines is 1. The maximum Gasteiger partial charge on any atom is 0.426 e. The van der Waals surface area contributed by atoms with Gasteiger partial charge in [-0.15, -0.1) is 0 Å². The van der Waals surface area contributed by atoms with Gasteiger partial charge in [0.25, 0.3) is 5.91 Å². The standard InChI is InChI=1S/C19H16F3NO6S/c1-18(26,19(20,21)22)17(25)23-10-6-7-12-15(8-10)30(27,28)9-13-11(16(12)24)4-3-5-14(13)29-2/h3-8,26H,9H2,1-2H3,(H,23,25). The summed E-state index contributed by atoms with van der Waals surface area (Å²) in [5.41, 5.74) is -3.93. The first-order chi connectivity index (χ1) is 13.8. The lowest BCUT2D eigenvalue weighted by Gasteiger charge is -2.25. The third kappa shape index (κ3) is 3.54. The largest absolute Gasteiger partial charge is 0.496 e. The van der Waals surface area contributed by atoms with Gasteiger partial charge in [-0.1, -0.05) is 12.1 Å². The summed E-state index contributed by atoms with van der Waals surface area (Å²) in [6.45, 7) is 0.273. The number of carbonyl (C=O) groups excluding carboxylic acids is 2. The molecule has 2 N–H and O–H groups in total. The molecule has 0 saturated heterocycles. The van der Waals surface area contributed by atoms with E-state index in [0.29, 0.717) is 0 Å². The van der Waals surface area contributed by atoms with Gasteiger partial charge in [0.15, 0.2) is 15.6 Å². The fourth-order valence-corrected chi connectivity index (χ4v) is 4.59. The van der Waals surface area contributed by atoms with Gasteiger partial charge in [0.2, 0.25) is 5.60 Å². The summed E-state index contributed by atoms with van der Waals surface area (Å²) in [4.78, 5) is 24.4. The maximum absolute atomic E-state index is 12.9. The normalized spacial score (nSPS) is 17.2. The minimum Gasteiger partial charge on any atom is -0.496 e. The number of nitrogens with one attached hydrogen (secondary N) is 1. The topological polar surface area (TPSA) is 110 Å². The molecule has 1 amide bonds. The summed E-state index contributed by atoms with van der Waals surface area (Å²) >= 11 is 0. The lowest BCUT2D eigenvalue weighted by Crippen LogP contribution is -2.52. The Morgan fingerprint density at radius 1 is 1.17 bits per heavy atom. The molecule has 1 aliphatic rings. The first-order valence-electron chi connectivity index (χ1n) is 8.47. The zero-order valence-corrected chi connectivity index (χ0v) is 16.5. The molecule has 0 saturated carbocycles. The number of aliphatic hydroxyl groups is 1. The molecule has 160 valence electrons. The monoisotopic (exact) mass is 443 g/mol. The van der Waals surface area contributed by atoms with E-state index in [1.54, 1.807) is 0 Å². The average molecular weight is 443 g/mol. The molecule has 0 bridgehead atoms. The van der Waals surface area contributed by atoms with Crippen LogP contribution in [0, 0.1) is 0 Å². The molecule has 0 spiro atoms. The van der Waals surface area contributed by atoms with Crippen LogP contribution in [-0.2, 0) is 20.4 Å². The van der Waals surface area contributed by atoms with Crippen LogP contribution in [0.4, 0.5) is 18.9 Å². The van der Waals surface area contributed by atoms with Gasteiger partial charge >= 0.3 is 6.18 Å². The summed E-state index contributed by atoms with van der Waals surface area (Å²) < 4.78 is 69.5. The number of halogens is 3. The number of carbonyl (C=O) groups is 2. The van der Waals surface area contributed by atoms with Crippen molar-refractivity contribution in [3.05, 3.63) is 53.1 Å². The van der Waals surface area contributed by atoms with Gasteiger partial charge in [0.05, 0.1) is 17.8 Å². The summed E-state index contributed by atoms with van der Waals surface area (Å²) in [6.07, 6.45) is -5.25. The fourth-order valence-electron chi connectivity index (χ4n) is 2.96. The van der Waals surface area contributed by atoms with Crippen molar-refractivity contribution in [2.45, 2.75) is 29.3 Å². The SMILES string of the molecule is COc1cccc2c1CS(=O)(=O)c1cc(NC(=O)C(C)(O)C(F)(F)F)ccc1C2=O. The summed E-state index contributed by atoms with van der Waals surface area (Å²) in [6, 6.07) is 7.55. The van der Waals surface area contributed by atoms with E-state index >= 15 is 0 Å². The first-order valence-corrected chi connectivity index (χ1v) is 10.1. The Balaban J connectivity index is 2.08. The predicted molar refractivity (Wildman–Crippen MR) is 99.1 cm³/mol. The second-order valence-corrected chi connectivity index (χ2v) is 8.77. The minimum absolute atomic E-state index is 0.119. The molecule has 0 fully saturated rings. The van der Waals surface area contributed by atoms with Crippen LogP contribution in [0.1, 0.15) is 28.4 Å². The van der Waals surface area contributed by atoms with Gasteiger partial charge in [0, 0.05) is 22.4 Å². The van der Waals surface area contributed by atoms with Gasteiger partial charge in [-0.05, 0) is 31.2 Å². The molecular formula is C19H16F3NO6S. The summed E-state index contributed by atoms with van der Waals surface area (Å²) in [7, 11) is -2.79. The Morgan fingerprint density at radius 3 is 2.43 bits per heavy atom. The third-order valence-electron chi connectivity index (χ3n) is 4.75. The Kier molecular flexibility index (Phi) is 5.15. The van der Waals surface area contributed by atoms with Crippen molar-refractivity contribution in [1.82, 2.24) is 0 Å². The molecule has 1 aliphatic heterocycles. The van der Waals surface area contributed by atoms with Crippen molar-refractivity contribution in [2.24, 2.45) is 0 Å². The molecule has 0 aromatic heterocycles. The van der Waals surface area contributed by atoms with Gasteiger partial charge in [-0.25, -0.2) is 8.42 Å². The Morgan fingerprint density at radius 2 is 1.83 bits per heavy atom. The van der Waals surface area contributed by atoms with Crippen LogP contribution in [0.3, 0.4) is 0 Å². The number of benzene rings is 2. The number of methoxy groups -OCH3 is 1. The Bertz CT molecular complexity index is 1160. The van der Waals surface area contributed by atoms with Crippen LogP contribution in [-0.4, -0.2) is 44.1 Å². The molecular weight excluding hydrogens is 427 g/mol. The van der Waals surface area contributed by atoms with Crippen LogP contribution in [0.25, 0.3) is 0 Å².